The van der Waals surface area contributed by atoms with Gasteiger partial charge in [0.1, 0.15) is 12.6 Å². The van der Waals surface area contributed by atoms with Crippen molar-refractivity contribution >= 4 is 23.0 Å². The van der Waals surface area contributed by atoms with Gasteiger partial charge < -0.3 is 20.1 Å². The fourth-order valence-electron chi connectivity index (χ4n) is 3.74. The van der Waals surface area contributed by atoms with E-state index in [9.17, 15) is 14.7 Å². The third-order valence-electron chi connectivity index (χ3n) is 5.20. The minimum Gasteiger partial charge on any atom is -0.480 e. The molecule has 0 bridgehead atoms. The number of fused-ring (bicyclic) bond motifs is 1. The van der Waals surface area contributed by atoms with Crippen molar-refractivity contribution in [2.24, 2.45) is 0 Å². The van der Waals surface area contributed by atoms with Gasteiger partial charge in [0.25, 0.3) is 0 Å². The molecule has 0 saturated carbocycles. The zero-order valence-electron chi connectivity index (χ0n) is 16.7. The third kappa shape index (κ3) is 4.59. The molecule has 0 aliphatic heterocycles. The molecule has 3 aromatic carbocycles. The SMILES string of the molecule is O=C(N[C@@H](C(=O)O)[C@@H](c1ccccc1)c1c[nH]c2ccccc12)OCc1ccccc1. The Morgan fingerprint density at radius 1 is 0.903 bits per heavy atom. The van der Waals surface area contributed by atoms with Gasteiger partial charge in [-0.15, -0.1) is 0 Å². The average molecular weight is 414 g/mol. The molecule has 0 unspecified atom stereocenters. The fourth-order valence-corrected chi connectivity index (χ4v) is 3.74. The Kier molecular flexibility index (Phi) is 5.98. The van der Waals surface area contributed by atoms with Crippen LogP contribution in [0.15, 0.2) is 91.1 Å². The summed E-state index contributed by atoms with van der Waals surface area (Å²) >= 11 is 0. The van der Waals surface area contributed by atoms with Crippen molar-refractivity contribution < 1.29 is 19.4 Å². The normalized spacial score (nSPS) is 12.8. The van der Waals surface area contributed by atoms with Crippen LogP contribution in [0, 0.1) is 0 Å². The number of alkyl carbamates (subject to hydrolysis) is 1. The van der Waals surface area contributed by atoms with Gasteiger partial charge in [0.2, 0.25) is 0 Å². The van der Waals surface area contributed by atoms with E-state index in [4.69, 9.17) is 4.74 Å². The summed E-state index contributed by atoms with van der Waals surface area (Å²) in [6.45, 7) is 0.0576. The quantitative estimate of drug-likeness (QED) is 0.409. The van der Waals surface area contributed by atoms with E-state index >= 15 is 0 Å². The Morgan fingerprint density at radius 3 is 2.26 bits per heavy atom. The monoisotopic (exact) mass is 414 g/mol. The highest BCUT2D eigenvalue weighted by molar-refractivity contribution is 5.87. The van der Waals surface area contributed by atoms with Crippen LogP contribution in [0.5, 0.6) is 0 Å². The second kappa shape index (κ2) is 9.17. The first kappa shape index (κ1) is 20.2. The lowest BCUT2D eigenvalue weighted by atomic mass is 9.85. The van der Waals surface area contributed by atoms with Crippen molar-refractivity contribution in [2.45, 2.75) is 18.6 Å². The lowest BCUT2D eigenvalue weighted by Crippen LogP contribution is -2.45. The van der Waals surface area contributed by atoms with Crippen LogP contribution in [0.1, 0.15) is 22.6 Å². The molecule has 0 radical (unpaired) electrons. The van der Waals surface area contributed by atoms with Gasteiger partial charge in [-0.2, -0.15) is 0 Å². The van der Waals surface area contributed by atoms with Crippen LogP contribution in [0.2, 0.25) is 0 Å². The number of carbonyl (C=O) groups is 2. The number of aliphatic carboxylic acids is 1. The zero-order valence-corrected chi connectivity index (χ0v) is 16.7. The Balaban J connectivity index is 1.64. The van der Waals surface area contributed by atoms with Crippen molar-refractivity contribution in [1.82, 2.24) is 10.3 Å². The summed E-state index contributed by atoms with van der Waals surface area (Å²) < 4.78 is 5.28. The molecule has 0 spiro atoms. The van der Waals surface area contributed by atoms with E-state index in [0.717, 1.165) is 27.6 Å². The summed E-state index contributed by atoms with van der Waals surface area (Å²) in [6.07, 6.45) is 1.02. The van der Waals surface area contributed by atoms with Crippen LogP contribution < -0.4 is 5.32 Å². The minimum absolute atomic E-state index is 0.0576. The first-order chi connectivity index (χ1) is 15.1. The molecule has 3 N–H and O–H groups in total. The third-order valence-corrected chi connectivity index (χ3v) is 5.20. The lowest BCUT2D eigenvalue weighted by molar-refractivity contribution is -0.139. The predicted molar refractivity (Wildman–Crippen MR) is 118 cm³/mol. The molecule has 0 fully saturated rings. The van der Waals surface area contributed by atoms with Gasteiger partial charge in [0.05, 0.1) is 0 Å². The second-order valence-corrected chi connectivity index (χ2v) is 7.20. The van der Waals surface area contributed by atoms with Gasteiger partial charge in [-0.1, -0.05) is 78.9 Å². The smallest absolute Gasteiger partial charge is 0.408 e. The summed E-state index contributed by atoms with van der Waals surface area (Å²) in [6, 6.07) is 25.0. The number of carboxylic acids is 1. The van der Waals surface area contributed by atoms with E-state index < -0.39 is 24.0 Å². The first-order valence-electron chi connectivity index (χ1n) is 9.94. The summed E-state index contributed by atoms with van der Waals surface area (Å²) in [7, 11) is 0. The van der Waals surface area contributed by atoms with Crippen LogP contribution in [0.3, 0.4) is 0 Å². The van der Waals surface area contributed by atoms with Crippen molar-refractivity contribution in [3.05, 3.63) is 108 Å². The average Bonchev–Trinajstić information content (AvgIpc) is 3.22. The van der Waals surface area contributed by atoms with Crippen molar-refractivity contribution in [2.75, 3.05) is 0 Å². The van der Waals surface area contributed by atoms with Gasteiger partial charge in [0.15, 0.2) is 0 Å². The number of benzene rings is 3. The molecule has 4 aromatic rings. The van der Waals surface area contributed by atoms with Crippen LogP contribution in [0.25, 0.3) is 10.9 Å². The summed E-state index contributed by atoms with van der Waals surface area (Å²) in [4.78, 5) is 28.0. The van der Waals surface area contributed by atoms with E-state index in [0.29, 0.717) is 0 Å². The Bertz CT molecular complexity index is 1170. The number of hydrogen-bond acceptors (Lipinski definition) is 3. The first-order valence-corrected chi connectivity index (χ1v) is 9.94. The number of hydrogen-bond donors (Lipinski definition) is 3. The molecule has 0 aliphatic rings. The van der Waals surface area contributed by atoms with Gasteiger partial charge in [-0.25, -0.2) is 9.59 Å². The zero-order chi connectivity index (χ0) is 21.6. The number of carbonyl (C=O) groups excluding carboxylic acids is 1. The molecule has 2 atom stereocenters. The molecule has 4 rings (SSSR count). The Hall–Kier alpha value is -4.06. The van der Waals surface area contributed by atoms with Gasteiger partial charge in [-0.05, 0) is 22.8 Å². The molecule has 6 heteroatoms. The molecule has 0 saturated heterocycles. The maximum atomic E-state index is 12.5. The predicted octanol–water partition coefficient (Wildman–Crippen LogP) is 4.68. The number of aromatic nitrogens is 1. The van der Waals surface area contributed by atoms with E-state index in [1.165, 1.54) is 0 Å². The molecule has 156 valence electrons. The number of ether oxygens (including phenoxy) is 1. The van der Waals surface area contributed by atoms with Crippen molar-refractivity contribution in [3.8, 4) is 0 Å². The molecule has 6 nitrogen and oxygen atoms in total. The highest BCUT2D eigenvalue weighted by Gasteiger charge is 2.34. The van der Waals surface area contributed by atoms with Crippen LogP contribution in [-0.2, 0) is 16.1 Å². The summed E-state index contributed by atoms with van der Waals surface area (Å²) in [5, 5.41) is 13.5. The van der Waals surface area contributed by atoms with E-state index in [1.807, 2.05) is 84.9 Å². The van der Waals surface area contributed by atoms with Gasteiger partial charge in [-0.3, -0.25) is 0 Å². The Morgan fingerprint density at radius 2 is 1.55 bits per heavy atom. The number of carboxylic acid groups (broad SMARTS) is 1. The standard InChI is InChI=1S/C25H22N2O4/c28-24(29)23(27-25(30)31-16-17-9-3-1-4-10-17)22(18-11-5-2-6-12-18)20-15-26-21-14-8-7-13-19(20)21/h1-15,22-23,26H,16H2,(H,27,30)(H,28,29)/t22-,23+/m0/s1. The maximum absolute atomic E-state index is 12.5. The van der Waals surface area contributed by atoms with E-state index in [-0.39, 0.29) is 6.61 Å². The second-order valence-electron chi connectivity index (χ2n) is 7.20. The summed E-state index contributed by atoms with van der Waals surface area (Å²) in [5.41, 5.74) is 3.29. The number of rotatable bonds is 7. The molecule has 1 heterocycles. The highest BCUT2D eigenvalue weighted by Crippen LogP contribution is 2.33. The van der Waals surface area contributed by atoms with Gasteiger partial charge >= 0.3 is 12.1 Å². The van der Waals surface area contributed by atoms with Crippen LogP contribution in [-0.4, -0.2) is 28.2 Å². The number of aromatic amines is 1. The van der Waals surface area contributed by atoms with Crippen molar-refractivity contribution in [1.29, 1.82) is 0 Å². The lowest BCUT2D eigenvalue weighted by Gasteiger charge is -2.25. The van der Waals surface area contributed by atoms with E-state index in [1.54, 1.807) is 6.20 Å². The maximum Gasteiger partial charge on any atom is 0.408 e. The Labute approximate surface area is 179 Å². The molecular weight excluding hydrogens is 392 g/mol. The molecule has 31 heavy (non-hydrogen) atoms. The van der Waals surface area contributed by atoms with Crippen LogP contribution >= 0.6 is 0 Å². The topological polar surface area (TPSA) is 91.4 Å². The minimum atomic E-state index is -1.22. The number of amides is 1. The largest absolute Gasteiger partial charge is 0.480 e. The molecule has 0 aliphatic carbocycles. The number of H-pyrrole nitrogens is 1. The number of nitrogens with one attached hydrogen (secondary N) is 2. The highest BCUT2D eigenvalue weighted by atomic mass is 16.5. The van der Waals surface area contributed by atoms with E-state index in [2.05, 4.69) is 10.3 Å². The van der Waals surface area contributed by atoms with Gasteiger partial charge in [0, 0.05) is 23.0 Å². The van der Waals surface area contributed by atoms with Crippen LogP contribution in [0.4, 0.5) is 4.79 Å². The summed E-state index contributed by atoms with van der Waals surface area (Å²) in [5.74, 6) is -1.75. The molecule has 1 amide bonds. The fraction of sp³-hybridized carbons (Fsp3) is 0.120. The molecule has 1 aromatic heterocycles. The van der Waals surface area contributed by atoms with Crippen molar-refractivity contribution in [3.63, 3.8) is 0 Å². The number of para-hydroxylation sites is 1. The molecular formula is C25H22N2O4.